The molecule has 3 nitrogen and oxygen atoms in total. The average Bonchev–Trinajstić information content (AvgIpc) is 2.51. The van der Waals surface area contributed by atoms with Crippen molar-refractivity contribution in [2.45, 2.75) is 6.54 Å². The van der Waals surface area contributed by atoms with E-state index in [0.29, 0.717) is 12.3 Å². The van der Waals surface area contributed by atoms with Gasteiger partial charge in [0, 0.05) is 6.20 Å². The summed E-state index contributed by atoms with van der Waals surface area (Å²) in [5, 5.41) is 13.4. The second-order valence-electron chi connectivity index (χ2n) is 3.03. The van der Waals surface area contributed by atoms with Gasteiger partial charge in [0.05, 0.1) is 16.3 Å². The van der Waals surface area contributed by atoms with Crippen molar-refractivity contribution in [2.24, 2.45) is 0 Å². The largest absolute Gasteiger partial charge is 0.508 e. The molecular weight excluding hydrogens is 291 g/mol. The van der Waals surface area contributed by atoms with Crippen LogP contribution in [0.2, 0.25) is 0 Å². The Balaban J connectivity index is 2.18. The van der Waals surface area contributed by atoms with Gasteiger partial charge >= 0.3 is 0 Å². The molecule has 14 heavy (non-hydrogen) atoms. The molecule has 1 heterocycles. The van der Waals surface area contributed by atoms with E-state index >= 15 is 0 Å². The lowest BCUT2D eigenvalue weighted by Gasteiger charge is -2.01. The van der Waals surface area contributed by atoms with Gasteiger partial charge in [0.1, 0.15) is 5.75 Å². The fraction of sp³-hybridized carbons (Fsp3) is 0.100. The van der Waals surface area contributed by atoms with E-state index < -0.39 is 0 Å². The summed E-state index contributed by atoms with van der Waals surface area (Å²) in [6, 6.07) is 7.21. The smallest absolute Gasteiger partial charge is 0.115 e. The first-order valence-electron chi connectivity index (χ1n) is 4.20. The number of phenols is 1. The van der Waals surface area contributed by atoms with Gasteiger partial charge in [-0.05, 0) is 40.3 Å². The molecule has 0 fully saturated rings. The highest BCUT2D eigenvalue weighted by Crippen LogP contribution is 2.12. The number of halogens is 1. The van der Waals surface area contributed by atoms with Crippen LogP contribution in [0.15, 0.2) is 36.7 Å². The van der Waals surface area contributed by atoms with Crippen LogP contribution >= 0.6 is 22.6 Å². The van der Waals surface area contributed by atoms with Crippen molar-refractivity contribution in [3.05, 3.63) is 45.8 Å². The van der Waals surface area contributed by atoms with Crippen molar-refractivity contribution >= 4 is 22.6 Å². The molecule has 0 bridgehead atoms. The van der Waals surface area contributed by atoms with Gasteiger partial charge in [-0.15, -0.1) is 0 Å². The number of aromatic nitrogens is 2. The summed E-state index contributed by atoms with van der Waals surface area (Å²) in [6.07, 6.45) is 3.77. The normalized spacial score (nSPS) is 10.4. The predicted molar refractivity (Wildman–Crippen MR) is 62.2 cm³/mol. The van der Waals surface area contributed by atoms with Crippen molar-refractivity contribution in [3.8, 4) is 5.75 Å². The number of rotatable bonds is 2. The number of nitrogens with zero attached hydrogens (tertiary/aromatic N) is 2. The molecule has 0 spiro atoms. The minimum atomic E-state index is 0.296. The maximum absolute atomic E-state index is 9.27. The molecule has 0 aliphatic carbocycles. The molecule has 0 aliphatic heterocycles. The molecule has 2 aromatic rings. The Kier molecular flexibility index (Phi) is 2.72. The molecule has 0 saturated heterocycles. The summed E-state index contributed by atoms with van der Waals surface area (Å²) in [7, 11) is 0. The van der Waals surface area contributed by atoms with Crippen LogP contribution in [0.25, 0.3) is 0 Å². The second kappa shape index (κ2) is 4.00. The van der Waals surface area contributed by atoms with E-state index in [0.717, 1.165) is 9.13 Å². The van der Waals surface area contributed by atoms with Gasteiger partial charge in [0.25, 0.3) is 0 Å². The minimum Gasteiger partial charge on any atom is -0.508 e. The molecule has 1 aromatic heterocycles. The number of hydrogen-bond donors (Lipinski definition) is 1. The standard InChI is InChI=1S/C10H9IN2O/c11-9-5-12-13(7-9)6-8-2-1-3-10(14)4-8/h1-5,7,14H,6H2. The predicted octanol–water partition coefficient (Wildman–Crippen LogP) is 2.24. The molecule has 0 radical (unpaired) electrons. The van der Waals surface area contributed by atoms with Crippen LogP contribution in [0, 0.1) is 3.57 Å². The van der Waals surface area contributed by atoms with Crippen LogP contribution in [0.1, 0.15) is 5.56 Å². The second-order valence-corrected chi connectivity index (χ2v) is 4.27. The molecule has 4 heteroatoms. The van der Waals surface area contributed by atoms with Gasteiger partial charge in [-0.2, -0.15) is 5.10 Å². The first-order chi connectivity index (χ1) is 6.74. The van der Waals surface area contributed by atoms with E-state index in [2.05, 4.69) is 27.7 Å². The third kappa shape index (κ3) is 2.25. The molecule has 1 aromatic carbocycles. The highest BCUT2D eigenvalue weighted by atomic mass is 127. The van der Waals surface area contributed by atoms with Gasteiger partial charge in [-0.25, -0.2) is 0 Å². The average molecular weight is 300 g/mol. The van der Waals surface area contributed by atoms with Crippen LogP contribution < -0.4 is 0 Å². The summed E-state index contributed by atoms with van der Waals surface area (Å²) in [5.41, 5.74) is 1.05. The van der Waals surface area contributed by atoms with Gasteiger partial charge in [-0.1, -0.05) is 12.1 Å². The zero-order valence-electron chi connectivity index (χ0n) is 7.39. The topological polar surface area (TPSA) is 38.0 Å². The van der Waals surface area contributed by atoms with Gasteiger partial charge in [0.15, 0.2) is 0 Å². The van der Waals surface area contributed by atoms with E-state index in [1.807, 2.05) is 29.2 Å². The molecule has 0 atom stereocenters. The molecule has 1 N–H and O–H groups in total. The molecule has 2 rings (SSSR count). The summed E-state index contributed by atoms with van der Waals surface area (Å²) >= 11 is 2.22. The van der Waals surface area contributed by atoms with Gasteiger partial charge in [0.2, 0.25) is 0 Å². The fourth-order valence-electron chi connectivity index (χ4n) is 1.27. The lowest BCUT2D eigenvalue weighted by molar-refractivity contribution is 0.474. The van der Waals surface area contributed by atoms with E-state index in [9.17, 15) is 5.11 Å². The number of benzene rings is 1. The molecule has 0 saturated carbocycles. The maximum atomic E-state index is 9.27. The van der Waals surface area contributed by atoms with Crippen molar-refractivity contribution in [1.29, 1.82) is 0 Å². The monoisotopic (exact) mass is 300 g/mol. The molecule has 0 amide bonds. The van der Waals surface area contributed by atoms with Crippen LogP contribution in [-0.2, 0) is 6.54 Å². The molecule has 0 aliphatic rings. The summed E-state index contributed by atoms with van der Waals surface area (Å²) in [4.78, 5) is 0. The molecule has 72 valence electrons. The van der Waals surface area contributed by atoms with E-state index in [4.69, 9.17) is 0 Å². The van der Waals surface area contributed by atoms with Gasteiger partial charge in [-0.3, -0.25) is 4.68 Å². The third-order valence-electron chi connectivity index (χ3n) is 1.86. The highest BCUT2D eigenvalue weighted by molar-refractivity contribution is 14.1. The van der Waals surface area contributed by atoms with Gasteiger partial charge < -0.3 is 5.11 Å². The van der Waals surface area contributed by atoms with Crippen LogP contribution in [0.5, 0.6) is 5.75 Å². The SMILES string of the molecule is Oc1cccc(Cn2cc(I)cn2)c1. The Bertz CT molecular complexity index is 439. The quantitative estimate of drug-likeness (QED) is 0.864. The summed E-state index contributed by atoms with van der Waals surface area (Å²) < 4.78 is 2.96. The summed E-state index contributed by atoms with van der Waals surface area (Å²) in [5.74, 6) is 0.296. The Morgan fingerprint density at radius 1 is 1.43 bits per heavy atom. The Hall–Kier alpha value is -1.04. The van der Waals surface area contributed by atoms with Crippen molar-refractivity contribution in [2.75, 3.05) is 0 Å². The third-order valence-corrected chi connectivity index (χ3v) is 2.41. The van der Waals surface area contributed by atoms with E-state index in [1.54, 1.807) is 12.1 Å². The van der Waals surface area contributed by atoms with E-state index in [1.165, 1.54) is 0 Å². The highest BCUT2D eigenvalue weighted by Gasteiger charge is 1.97. The van der Waals surface area contributed by atoms with Crippen LogP contribution in [0.4, 0.5) is 0 Å². The van der Waals surface area contributed by atoms with Crippen molar-refractivity contribution in [3.63, 3.8) is 0 Å². The maximum Gasteiger partial charge on any atom is 0.115 e. The number of aromatic hydroxyl groups is 1. The fourth-order valence-corrected chi connectivity index (χ4v) is 1.71. The van der Waals surface area contributed by atoms with E-state index in [-0.39, 0.29) is 0 Å². The number of phenolic OH excluding ortho intramolecular Hbond substituents is 1. The number of hydrogen-bond acceptors (Lipinski definition) is 2. The van der Waals surface area contributed by atoms with Crippen LogP contribution in [-0.4, -0.2) is 14.9 Å². The first-order valence-corrected chi connectivity index (χ1v) is 5.28. The lowest BCUT2D eigenvalue weighted by atomic mass is 10.2. The lowest BCUT2D eigenvalue weighted by Crippen LogP contribution is -1.99. The van der Waals surface area contributed by atoms with Crippen LogP contribution in [0.3, 0.4) is 0 Å². The minimum absolute atomic E-state index is 0.296. The molecular formula is C10H9IN2O. The zero-order valence-corrected chi connectivity index (χ0v) is 9.55. The first kappa shape index (κ1) is 9.51. The Labute approximate surface area is 95.5 Å². The Morgan fingerprint density at radius 2 is 2.29 bits per heavy atom. The Morgan fingerprint density at radius 3 is 2.93 bits per heavy atom. The summed E-state index contributed by atoms with van der Waals surface area (Å²) in [6.45, 7) is 0.692. The zero-order chi connectivity index (χ0) is 9.97. The van der Waals surface area contributed by atoms with Crippen molar-refractivity contribution in [1.82, 2.24) is 9.78 Å². The molecule has 0 unspecified atom stereocenters. The van der Waals surface area contributed by atoms with Crippen molar-refractivity contribution < 1.29 is 5.11 Å².